The second-order valence-electron chi connectivity index (χ2n) is 6.51. The Morgan fingerprint density at radius 1 is 1.21 bits per heavy atom. The molecule has 5 heteroatoms. The van der Waals surface area contributed by atoms with Crippen molar-refractivity contribution in [2.75, 3.05) is 13.2 Å². The summed E-state index contributed by atoms with van der Waals surface area (Å²) in [6, 6.07) is 9.78. The highest BCUT2D eigenvalue weighted by atomic mass is 16.5. The zero-order valence-electron chi connectivity index (χ0n) is 14.1. The Balaban J connectivity index is 1.60. The Labute approximate surface area is 143 Å². The van der Waals surface area contributed by atoms with E-state index in [9.17, 15) is 14.7 Å². The molecule has 1 fully saturated rings. The number of ether oxygens (including phenoxy) is 1. The number of carbonyl (C=O) groups excluding carboxylic acids is 1. The molecule has 0 bridgehead atoms. The van der Waals surface area contributed by atoms with Crippen LogP contribution < -0.4 is 5.32 Å². The van der Waals surface area contributed by atoms with E-state index in [1.54, 1.807) is 0 Å². The molecular weight excluding hydrogens is 306 g/mol. The number of amides is 1. The number of hydrogen-bond acceptors (Lipinski definition) is 3. The largest absolute Gasteiger partial charge is 0.481 e. The van der Waals surface area contributed by atoms with Gasteiger partial charge in [0.2, 0.25) is 5.91 Å². The quantitative estimate of drug-likeness (QED) is 0.646. The van der Waals surface area contributed by atoms with Crippen LogP contribution in [0.2, 0.25) is 0 Å². The van der Waals surface area contributed by atoms with Gasteiger partial charge in [-0.1, -0.05) is 56.0 Å². The molecule has 0 spiro atoms. The molecule has 1 saturated carbocycles. The van der Waals surface area contributed by atoms with Gasteiger partial charge in [0.15, 0.2) is 0 Å². The van der Waals surface area contributed by atoms with Crippen LogP contribution >= 0.6 is 0 Å². The normalized spacial score (nSPS) is 16.0. The number of rotatable bonds is 10. The van der Waals surface area contributed by atoms with Crippen molar-refractivity contribution in [2.45, 2.75) is 45.1 Å². The summed E-state index contributed by atoms with van der Waals surface area (Å²) in [5.41, 5.74) is 1.07. The minimum absolute atomic E-state index is 0.152. The molecule has 0 heterocycles. The maximum atomic E-state index is 11.8. The fourth-order valence-corrected chi connectivity index (χ4v) is 3.17. The maximum Gasteiger partial charge on any atom is 0.308 e. The van der Waals surface area contributed by atoms with Gasteiger partial charge in [0.05, 0.1) is 19.1 Å². The third-order valence-corrected chi connectivity index (χ3v) is 4.57. The van der Waals surface area contributed by atoms with Crippen molar-refractivity contribution in [2.24, 2.45) is 11.8 Å². The van der Waals surface area contributed by atoms with Crippen LogP contribution in [-0.4, -0.2) is 30.1 Å². The highest BCUT2D eigenvalue weighted by Crippen LogP contribution is 2.30. The predicted octanol–water partition coefficient (Wildman–Crippen LogP) is 2.99. The highest BCUT2D eigenvalue weighted by molar-refractivity contribution is 5.77. The van der Waals surface area contributed by atoms with Crippen molar-refractivity contribution >= 4 is 11.9 Å². The molecule has 1 aliphatic rings. The van der Waals surface area contributed by atoms with Crippen molar-refractivity contribution in [3.05, 3.63) is 35.9 Å². The zero-order valence-corrected chi connectivity index (χ0v) is 14.1. The number of benzene rings is 1. The van der Waals surface area contributed by atoms with E-state index in [-0.39, 0.29) is 18.9 Å². The van der Waals surface area contributed by atoms with Crippen LogP contribution in [0.15, 0.2) is 30.3 Å². The third-order valence-electron chi connectivity index (χ3n) is 4.57. The first kappa shape index (κ1) is 18.5. The second kappa shape index (κ2) is 10.1. The van der Waals surface area contributed by atoms with E-state index in [0.717, 1.165) is 18.4 Å². The average molecular weight is 333 g/mol. The summed E-state index contributed by atoms with van der Waals surface area (Å²) < 4.78 is 5.48. The molecule has 2 rings (SSSR count). The van der Waals surface area contributed by atoms with E-state index in [1.807, 2.05) is 30.3 Å². The van der Waals surface area contributed by atoms with E-state index in [0.29, 0.717) is 25.6 Å². The Morgan fingerprint density at radius 3 is 2.58 bits per heavy atom. The van der Waals surface area contributed by atoms with Gasteiger partial charge in [0.25, 0.3) is 0 Å². The molecule has 0 radical (unpaired) electrons. The molecule has 0 aliphatic heterocycles. The Kier molecular flexibility index (Phi) is 7.75. The van der Waals surface area contributed by atoms with Crippen LogP contribution in [0.4, 0.5) is 0 Å². The highest BCUT2D eigenvalue weighted by Gasteiger charge is 2.25. The molecule has 1 atom stereocenters. The van der Waals surface area contributed by atoms with Gasteiger partial charge in [-0.3, -0.25) is 9.59 Å². The van der Waals surface area contributed by atoms with Crippen LogP contribution in [0.1, 0.15) is 44.1 Å². The van der Waals surface area contributed by atoms with Crippen molar-refractivity contribution in [3.63, 3.8) is 0 Å². The standard InChI is InChI=1S/C19H27NO4/c21-18(10-11-24-14-16-8-2-1-3-9-16)20-13-17(19(22)23)12-15-6-4-5-7-15/h1-3,8-9,15,17H,4-7,10-14H2,(H,20,21)(H,22,23). The first-order chi connectivity index (χ1) is 11.6. The second-order valence-corrected chi connectivity index (χ2v) is 6.51. The summed E-state index contributed by atoms with van der Waals surface area (Å²) in [6.45, 7) is 1.03. The molecule has 1 amide bonds. The smallest absolute Gasteiger partial charge is 0.308 e. The molecule has 24 heavy (non-hydrogen) atoms. The lowest BCUT2D eigenvalue weighted by atomic mass is 9.93. The topological polar surface area (TPSA) is 75.6 Å². The summed E-state index contributed by atoms with van der Waals surface area (Å²) in [6.07, 6.45) is 5.54. The van der Waals surface area contributed by atoms with Gasteiger partial charge in [-0.05, 0) is 17.9 Å². The predicted molar refractivity (Wildman–Crippen MR) is 91.4 cm³/mol. The van der Waals surface area contributed by atoms with Crippen molar-refractivity contribution < 1.29 is 19.4 Å². The van der Waals surface area contributed by atoms with Gasteiger partial charge in [-0.25, -0.2) is 0 Å². The fraction of sp³-hybridized carbons (Fsp3) is 0.579. The molecule has 1 aromatic carbocycles. The molecule has 1 aliphatic carbocycles. The molecule has 1 aromatic rings. The number of hydrogen-bond donors (Lipinski definition) is 2. The minimum Gasteiger partial charge on any atom is -0.481 e. The number of carboxylic acid groups (broad SMARTS) is 1. The van der Waals surface area contributed by atoms with Crippen molar-refractivity contribution in [1.29, 1.82) is 0 Å². The van der Waals surface area contributed by atoms with E-state index >= 15 is 0 Å². The van der Waals surface area contributed by atoms with Crippen LogP contribution in [0.25, 0.3) is 0 Å². The molecule has 1 unspecified atom stereocenters. The van der Waals surface area contributed by atoms with E-state index in [2.05, 4.69) is 5.32 Å². The molecule has 5 nitrogen and oxygen atoms in total. The van der Waals surface area contributed by atoms with Crippen molar-refractivity contribution in [1.82, 2.24) is 5.32 Å². The van der Waals surface area contributed by atoms with Crippen LogP contribution in [-0.2, 0) is 20.9 Å². The number of aliphatic carboxylic acids is 1. The Morgan fingerprint density at radius 2 is 1.92 bits per heavy atom. The average Bonchev–Trinajstić information content (AvgIpc) is 3.09. The van der Waals surface area contributed by atoms with Gasteiger partial charge in [0, 0.05) is 13.0 Å². The summed E-state index contributed by atoms with van der Waals surface area (Å²) in [5.74, 6) is -0.956. The summed E-state index contributed by atoms with van der Waals surface area (Å²) in [5, 5.41) is 12.0. The number of nitrogens with one attached hydrogen (secondary N) is 1. The van der Waals surface area contributed by atoms with Crippen LogP contribution in [0.5, 0.6) is 0 Å². The van der Waals surface area contributed by atoms with Gasteiger partial charge in [-0.2, -0.15) is 0 Å². The monoisotopic (exact) mass is 333 g/mol. The first-order valence-electron chi connectivity index (χ1n) is 8.76. The van der Waals surface area contributed by atoms with E-state index in [4.69, 9.17) is 4.74 Å². The van der Waals surface area contributed by atoms with Gasteiger partial charge in [-0.15, -0.1) is 0 Å². The summed E-state index contributed by atoms with van der Waals surface area (Å²) in [4.78, 5) is 23.2. The molecule has 0 saturated heterocycles. The molecule has 0 aromatic heterocycles. The lowest BCUT2D eigenvalue weighted by Crippen LogP contribution is -2.34. The number of carbonyl (C=O) groups is 2. The fourth-order valence-electron chi connectivity index (χ4n) is 3.17. The SMILES string of the molecule is O=C(CCOCc1ccccc1)NCC(CC1CCCC1)C(=O)O. The zero-order chi connectivity index (χ0) is 17.2. The lowest BCUT2D eigenvalue weighted by Gasteiger charge is -2.17. The lowest BCUT2D eigenvalue weighted by molar-refractivity contribution is -0.142. The summed E-state index contributed by atoms with van der Waals surface area (Å²) in [7, 11) is 0. The van der Waals surface area contributed by atoms with Gasteiger partial charge >= 0.3 is 5.97 Å². The number of carboxylic acids is 1. The van der Waals surface area contributed by atoms with Crippen LogP contribution in [0, 0.1) is 11.8 Å². The van der Waals surface area contributed by atoms with E-state index in [1.165, 1.54) is 12.8 Å². The third kappa shape index (κ3) is 6.71. The Bertz CT molecular complexity index is 511. The minimum atomic E-state index is -0.817. The van der Waals surface area contributed by atoms with E-state index < -0.39 is 11.9 Å². The van der Waals surface area contributed by atoms with Gasteiger partial charge < -0.3 is 15.2 Å². The molecular formula is C19H27NO4. The van der Waals surface area contributed by atoms with Crippen molar-refractivity contribution in [3.8, 4) is 0 Å². The first-order valence-corrected chi connectivity index (χ1v) is 8.76. The Hall–Kier alpha value is -1.88. The molecule has 2 N–H and O–H groups in total. The maximum absolute atomic E-state index is 11.8. The molecule has 132 valence electrons. The van der Waals surface area contributed by atoms with Gasteiger partial charge in [0.1, 0.15) is 0 Å². The summed E-state index contributed by atoms with van der Waals surface area (Å²) >= 11 is 0. The van der Waals surface area contributed by atoms with Crippen LogP contribution in [0.3, 0.4) is 0 Å².